The van der Waals surface area contributed by atoms with Crippen molar-refractivity contribution >= 4 is 0 Å². The molecule has 2 nitrogen and oxygen atoms in total. The van der Waals surface area contributed by atoms with Crippen LogP contribution in [0.3, 0.4) is 0 Å². The molecule has 4 atom stereocenters. The Morgan fingerprint density at radius 2 is 1.94 bits per heavy atom. The van der Waals surface area contributed by atoms with E-state index < -0.39 is 5.60 Å². The lowest BCUT2D eigenvalue weighted by atomic mass is 9.79. The predicted octanol–water partition coefficient (Wildman–Crippen LogP) is 2.95. The van der Waals surface area contributed by atoms with Crippen LogP contribution < -0.4 is 5.32 Å². The third-order valence-electron chi connectivity index (χ3n) is 4.16. The summed E-state index contributed by atoms with van der Waals surface area (Å²) in [6, 6.07) is 0.620. The Morgan fingerprint density at radius 3 is 2.50 bits per heavy atom. The van der Waals surface area contributed by atoms with E-state index in [-0.39, 0.29) is 0 Å². The lowest BCUT2D eigenvalue weighted by molar-refractivity contribution is 0.0436. The van der Waals surface area contributed by atoms with Crippen molar-refractivity contribution < 1.29 is 5.11 Å². The summed E-state index contributed by atoms with van der Waals surface area (Å²) in [5, 5.41) is 13.6. The van der Waals surface area contributed by atoms with E-state index in [9.17, 15) is 5.11 Å². The van der Waals surface area contributed by atoms with Crippen LogP contribution in [0.2, 0.25) is 0 Å². The van der Waals surface area contributed by atoms with E-state index in [2.05, 4.69) is 26.1 Å². The van der Waals surface area contributed by atoms with Crippen LogP contribution in [0.15, 0.2) is 0 Å². The third-order valence-corrected chi connectivity index (χ3v) is 4.16. The Hall–Kier alpha value is -0.0800. The first-order valence-electron chi connectivity index (χ1n) is 6.90. The number of hydrogen-bond acceptors (Lipinski definition) is 2. The molecule has 1 rings (SSSR count). The second-order valence-corrected chi connectivity index (χ2v) is 6.09. The fourth-order valence-electron chi connectivity index (χ4n) is 2.72. The Labute approximate surface area is 101 Å². The molecule has 1 fully saturated rings. The molecule has 0 aromatic heterocycles. The molecule has 0 amide bonds. The topological polar surface area (TPSA) is 32.3 Å². The van der Waals surface area contributed by atoms with Crippen molar-refractivity contribution in [1.29, 1.82) is 0 Å². The van der Waals surface area contributed by atoms with Gasteiger partial charge in [-0.15, -0.1) is 0 Å². The summed E-state index contributed by atoms with van der Waals surface area (Å²) < 4.78 is 0. The smallest absolute Gasteiger partial charge is 0.0743 e. The van der Waals surface area contributed by atoms with Crippen molar-refractivity contribution in [1.82, 2.24) is 5.32 Å². The van der Waals surface area contributed by atoms with Gasteiger partial charge in [0.15, 0.2) is 0 Å². The SMILES string of the molecule is CCCC(C)(O)CNC1CCC(C)C(C)C1. The average Bonchev–Trinajstić information content (AvgIpc) is 2.20. The lowest BCUT2D eigenvalue weighted by Crippen LogP contribution is -2.44. The fraction of sp³-hybridized carbons (Fsp3) is 1.00. The highest BCUT2D eigenvalue weighted by atomic mass is 16.3. The van der Waals surface area contributed by atoms with Gasteiger partial charge in [-0.1, -0.05) is 27.2 Å². The highest BCUT2D eigenvalue weighted by Gasteiger charge is 2.26. The van der Waals surface area contributed by atoms with E-state index >= 15 is 0 Å². The Morgan fingerprint density at radius 1 is 1.25 bits per heavy atom. The van der Waals surface area contributed by atoms with Crippen LogP contribution in [-0.4, -0.2) is 23.3 Å². The van der Waals surface area contributed by atoms with Crippen LogP contribution >= 0.6 is 0 Å². The van der Waals surface area contributed by atoms with E-state index in [1.165, 1.54) is 19.3 Å². The summed E-state index contributed by atoms with van der Waals surface area (Å²) in [7, 11) is 0. The molecule has 2 heteroatoms. The van der Waals surface area contributed by atoms with Crippen LogP contribution in [0.1, 0.15) is 59.8 Å². The first-order valence-corrected chi connectivity index (χ1v) is 6.90. The second-order valence-electron chi connectivity index (χ2n) is 6.09. The zero-order chi connectivity index (χ0) is 12.2. The fourth-order valence-corrected chi connectivity index (χ4v) is 2.72. The van der Waals surface area contributed by atoms with Crippen LogP contribution in [0.25, 0.3) is 0 Å². The van der Waals surface area contributed by atoms with Gasteiger partial charge in [0, 0.05) is 12.6 Å². The monoisotopic (exact) mass is 227 g/mol. The number of aliphatic hydroxyl groups is 1. The van der Waals surface area contributed by atoms with Crippen molar-refractivity contribution in [3.05, 3.63) is 0 Å². The van der Waals surface area contributed by atoms with Crippen molar-refractivity contribution in [3.8, 4) is 0 Å². The Bertz CT molecular complexity index is 203. The third kappa shape index (κ3) is 4.42. The molecule has 0 radical (unpaired) electrons. The van der Waals surface area contributed by atoms with Gasteiger partial charge in [0.25, 0.3) is 0 Å². The quantitative estimate of drug-likeness (QED) is 0.757. The van der Waals surface area contributed by atoms with Crippen LogP contribution in [0.4, 0.5) is 0 Å². The van der Waals surface area contributed by atoms with Crippen LogP contribution in [0, 0.1) is 11.8 Å². The molecule has 0 aromatic carbocycles. The normalized spacial score (nSPS) is 34.7. The summed E-state index contributed by atoms with van der Waals surface area (Å²) in [6.07, 6.45) is 5.80. The maximum atomic E-state index is 10.1. The molecular formula is C14H29NO. The minimum atomic E-state index is -0.527. The minimum Gasteiger partial charge on any atom is -0.389 e. The van der Waals surface area contributed by atoms with E-state index in [0.29, 0.717) is 6.04 Å². The highest BCUT2D eigenvalue weighted by molar-refractivity contribution is 4.83. The molecule has 4 unspecified atom stereocenters. The number of nitrogens with one attached hydrogen (secondary N) is 1. The molecule has 1 saturated carbocycles. The van der Waals surface area contributed by atoms with E-state index in [4.69, 9.17) is 0 Å². The molecule has 1 aliphatic carbocycles. The summed E-state index contributed by atoms with van der Waals surface area (Å²) >= 11 is 0. The highest BCUT2D eigenvalue weighted by Crippen LogP contribution is 2.29. The average molecular weight is 227 g/mol. The number of hydrogen-bond donors (Lipinski definition) is 2. The van der Waals surface area contributed by atoms with E-state index in [0.717, 1.165) is 31.2 Å². The molecule has 0 heterocycles. The van der Waals surface area contributed by atoms with Crippen molar-refractivity contribution in [3.63, 3.8) is 0 Å². The van der Waals surface area contributed by atoms with E-state index in [1.54, 1.807) is 0 Å². The molecule has 0 saturated heterocycles. The first-order chi connectivity index (χ1) is 7.44. The molecule has 2 N–H and O–H groups in total. The summed E-state index contributed by atoms with van der Waals surface area (Å²) in [6.45, 7) is 9.51. The van der Waals surface area contributed by atoms with Crippen molar-refractivity contribution in [2.24, 2.45) is 11.8 Å². The molecule has 0 aromatic rings. The van der Waals surface area contributed by atoms with Gasteiger partial charge in [-0.3, -0.25) is 0 Å². The lowest BCUT2D eigenvalue weighted by Gasteiger charge is -2.34. The minimum absolute atomic E-state index is 0.527. The van der Waals surface area contributed by atoms with Gasteiger partial charge >= 0.3 is 0 Å². The number of rotatable bonds is 5. The predicted molar refractivity (Wildman–Crippen MR) is 69.5 cm³/mol. The molecule has 0 bridgehead atoms. The van der Waals surface area contributed by atoms with Gasteiger partial charge in [0.1, 0.15) is 0 Å². The summed E-state index contributed by atoms with van der Waals surface area (Å²) in [5.74, 6) is 1.69. The molecular weight excluding hydrogens is 198 g/mol. The van der Waals surface area contributed by atoms with Crippen molar-refractivity contribution in [2.75, 3.05) is 6.54 Å². The maximum absolute atomic E-state index is 10.1. The van der Waals surface area contributed by atoms with Gasteiger partial charge in [-0.25, -0.2) is 0 Å². The maximum Gasteiger partial charge on any atom is 0.0743 e. The van der Waals surface area contributed by atoms with Gasteiger partial charge in [-0.05, 0) is 44.4 Å². The zero-order valence-corrected chi connectivity index (χ0v) is 11.4. The van der Waals surface area contributed by atoms with E-state index in [1.807, 2.05) is 6.92 Å². The van der Waals surface area contributed by atoms with Gasteiger partial charge in [-0.2, -0.15) is 0 Å². The van der Waals surface area contributed by atoms with Crippen molar-refractivity contribution in [2.45, 2.75) is 71.4 Å². The van der Waals surface area contributed by atoms with Gasteiger partial charge < -0.3 is 10.4 Å². The standard InChI is InChI=1S/C14H29NO/c1-5-8-14(4,16)10-15-13-7-6-11(2)12(3)9-13/h11-13,15-16H,5-10H2,1-4H3. The first kappa shape index (κ1) is 14.0. The summed E-state index contributed by atoms with van der Waals surface area (Å²) in [5.41, 5.74) is -0.527. The van der Waals surface area contributed by atoms with Crippen LogP contribution in [0.5, 0.6) is 0 Å². The molecule has 0 spiro atoms. The van der Waals surface area contributed by atoms with Gasteiger partial charge in [0.05, 0.1) is 5.60 Å². The molecule has 1 aliphatic rings. The Kier molecular flexibility index (Phi) is 5.26. The largest absolute Gasteiger partial charge is 0.389 e. The molecule has 96 valence electrons. The summed E-state index contributed by atoms with van der Waals surface area (Å²) in [4.78, 5) is 0. The molecule has 16 heavy (non-hydrogen) atoms. The Balaban J connectivity index is 2.28. The second kappa shape index (κ2) is 6.02. The zero-order valence-electron chi connectivity index (χ0n) is 11.4. The van der Waals surface area contributed by atoms with Gasteiger partial charge in [0.2, 0.25) is 0 Å². The molecule has 0 aliphatic heterocycles. The van der Waals surface area contributed by atoms with Crippen LogP contribution in [-0.2, 0) is 0 Å².